The fourth-order valence-electron chi connectivity index (χ4n) is 2.03. The van der Waals surface area contributed by atoms with E-state index in [2.05, 4.69) is 67.9 Å². The van der Waals surface area contributed by atoms with Crippen molar-refractivity contribution in [3.05, 3.63) is 57.8 Å². The molecule has 0 saturated heterocycles. The highest BCUT2D eigenvalue weighted by molar-refractivity contribution is 7.10. The highest BCUT2D eigenvalue weighted by Gasteiger charge is 2.11. The van der Waals surface area contributed by atoms with Crippen LogP contribution in [0.25, 0.3) is 0 Å². The molecular formula is C15H19NS. The third-order valence-corrected chi connectivity index (χ3v) is 4.07. The molecule has 0 bridgehead atoms. The molecule has 0 aliphatic rings. The van der Waals surface area contributed by atoms with Gasteiger partial charge in [-0.3, -0.25) is 0 Å². The lowest BCUT2D eigenvalue weighted by Crippen LogP contribution is -2.21. The first-order valence-corrected chi connectivity index (χ1v) is 6.91. The van der Waals surface area contributed by atoms with E-state index in [-0.39, 0.29) is 0 Å². The minimum Gasteiger partial charge on any atom is -0.303 e. The summed E-state index contributed by atoms with van der Waals surface area (Å²) < 4.78 is 0. The molecule has 1 N–H and O–H groups in total. The zero-order valence-electron chi connectivity index (χ0n) is 10.6. The van der Waals surface area contributed by atoms with Crippen LogP contribution in [0, 0.1) is 6.92 Å². The lowest BCUT2D eigenvalue weighted by molar-refractivity contribution is 0.500. The summed E-state index contributed by atoms with van der Waals surface area (Å²) in [7, 11) is 0. The Morgan fingerprint density at radius 3 is 2.53 bits per heavy atom. The van der Waals surface area contributed by atoms with Crippen molar-refractivity contribution in [1.82, 2.24) is 5.32 Å². The number of aryl methyl sites for hydroxylation is 1. The standard InChI is InChI=1S/C15H19NS/c1-11-6-4-7-14(10-11)12(2)16-13(3)15-8-5-9-17-15/h4-10,12-13,16H,1-3H3. The molecule has 0 aliphatic carbocycles. The Morgan fingerprint density at radius 2 is 1.88 bits per heavy atom. The average Bonchev–Trinajstić information content (AvgIpc) is 2.82. The Hall–Kier alpha value is -1.12. The highest BCUT2D eigenvalue weighted by atomic mass is 32.1. The smallest absolute Gasteiger partial charge is 0.0391 e. The fourth-order valence-corrected chi connectivity index (χ4v) is 2.77. The van der Waals surface area contributed by atoms with Gasteiger partial charge < -0.3 is 5.32 Å². The van der Waals surface area contributed by atoms with Crippen LogP contribution in [0.4, 0.5) is 0 Å². The molecule has 0 spiro atoms. The molecule has 2 atom stereocenters. The van der Waals surface area contributed by atoms with Crippen molar-refractivity contribution in [3.8, 4) is 0 Å². The van der Waals surface area contributed by atoms with Gasteiger partial charge in [0.05, 0.1) is 0 Å². The molecule has 2 aromatic rings. The molecule has 17 heavy (non-hydrogen) atoms. The quantitative estimate of drug-likeness (QED) is 0.838. The maximum absolute atomic E-state index is 3.64. The van der Waals surface area contributed by atoms with Gasteiger partial charge >= 0.3 is 0 Å². The van der Waals surface area contributed by atoms with Gasteiger partial charge in [-0.1, -0.05) is 35.9 Å². The summed E-state index contributed by atoms with van der Waals surface area (Å²) in [5, 5.41) is 5.77. The maximum Gasteiger partial charge on any atom is 0.0391 e. The molecule has 0 amide bonds. The van der Waals surface area contributed by atoms with Crippen LogP contribution in [0.2, 0.25) is 0 Å². The van der Waals surface area contributed by atoms with Crippen LogP contribution < -0.4 is 5.32 Å². The van der Waals surface area contributed by atoms with Crippen molar-refractivity contribution < 1.29 is 0 Å². The average molecular weight is 245 g/mol. The molecule has 2 unspecified atom stereocenters. The van der Waals surface area contributed by atoms with Gasteiger partial charge in [-0.05, 0) is 37.8 Å². The molecule has 0 aliphatic heterocycles. The largest absolute Gasteiger partial charge is 0.303 e. The van der Waals surface area contributed by atoms with Gasteiger partial charge in [0.15, 0.2) is 0 Å². The molecule has 2 heteroatoms. The molecule has 1 heterocycles. The number of rotatable bonds is 4. The van der Waals surface area contributed by atoms with Gasteiger partial charge in [-0.15, -0.1) is 11.3 Å². The Balaban J connectivity index is 2.04. The molecular weight excluding hydrogens is 226 g/mol. The molecule has 0 saturated carbocycles. The maximum atomic E-state index is 3.64. The number of hydrogen-bond acceptors (Lipinski definition) is 2. The van der Waals surface area contributed by atoms with Gasteiger partial charge in [0.1, 0.15) is 0 Å². The summed E-state index contributed by atoms with van der Waals surface area (Å²) in [6, 6.07) is 13.8. The van der Waals surface area contributed by atoms with E-state index in [4.69, 9.17) is 0 Å². The van der Waals surface area contributed by atoms with Gasteiger partial charge in [0.2, 0.25) is 0 Å². The van der Waals surface area contributed by atoms with Gasteiger partial charge in [0, 0.05) is 17.0 Å². The lowest BCUT2D eigenvalue weighted by atomic mass is 10.0. The van der Waals surface area contributed by atoms with E-state index >= 15 is 0 Å². The van der Waals surface area contributed by atoms with E-state index in [1.165, 1.54) is 16.0 Å². The normalized spacial score (nSPS) is 14.5. The molecule has 0 radical (unpaired) electrons. The number of thiophene rings is 1. The van der Waals surface area contributed by atoms with Crippen LogP contribution in [0.1, 0.15) is 41.9 Å². The highest BCUT2D eigenvalue weighted by Crippen LogP contribution is 2.22. The molecule has 1 aromatic carbocycles. The van der Waals surface area contributed by atoms with Gasteiger partial charge in [0.25, 0.3) is 0 Å². The van der Waals surface area contributed by atoms with Crippen LogP contribution in [-0.2, 0) is 0 Å². The van der Waals surface area contributed by atoms with Crippen molar-refractivity contribution in [2.75, 3.05) is 0 Å². The molecule has 1 aromatic heterocycles. The van der Waals surface area contributed by atoms with Crippen LogP contribution in [-0.4, -0.2) is 0 Å². The Labute approximate surface area is 108 Å². The van der Waals surface area contributed by atoms with Crippen LogP contribution >= 0.6 is 11.3 Å². The topological polar surface area (TPSA) is 12.0 Å². The van der Waals surface area contributed by atoms with Crippen molar-refractivity contribution >= 4 is 11.3 Å². The monoisotopic (exact) mass is 245 g/mol. The fraction of sp³-hybridized carbons (Fsp3) is 0.333. The Bertz CT molecular complexity index is 462. The lowest BCUT2D eigenvalue weighted by Gasteiger charge is -2.19. The van der Waals surface area contributed by atoms with E-state index in [9.17, 15) is 0 Å². The van der Waals surface area contributed by atoms with Gasteiger partial charge in [-0.25, -0.2) is 0 Å². The van der Waals surface area contributed by atoms with Crippen molar-refractivity contribution in [2.45, 2.75) is 32.9 Å². The minimum absolute atomic E-state index is 0.381. The van der Waals surface area contributed by atoms with Crippen molar-refractivity contribution in [3.63, 3.8) is 0 Å². The summed E-state index contributed by atoms with van der Waals surface area (Å²) in [5.41, 5.74) is 2.67. The Morgan fingerprint density at radius 1 is 1.06 bits per heavy atom. The minimum atomic E-state index is 0.381. The molecule has 0 fully saturated rings. The Kier molecular flexibility index (Phi) is 3.97. The summed E-state index contributed by atoms with van der Waals surface area (Å²) in [6.45, 7) is 6.58. The van der Waals surface area contributed by atoms with Crippen LogP contribution in [0.5, 0.6) is 0 Å². The predicted octanol–water partition coefficient (Wildman–Crippen LogP) is 4.47. The van der Waals surface area contributed by atoms with E-state index < -0.39 is 0 Å². The van der Waals surface area contributed by atoms with Crippen LogP contribution in [0.3, 0.4) is 0 Å². The first-order valence-electron chi connectivity index (χ1n) is 6.03. The van der Waals surface area contributed by atoms with E-state index in [0.29, 0.717) is 12.1 Å². The van der Waals surface area contributed by atoms with Gasteiger partial charge in [-0.2, -0.15) is 0 Å². The molecule has 2 rings (SSSR count). The first kappa shape index (κ1) is 12.3. The predicted molar refractivity (Wildman–Crippen MR) is 75.5 cm³/mol. The zero-order valence-corrected chi connectivity index (χ0v) is 11.4. The van der Waals surface area contributed by atoms with Crippen molar-refractivity contribution in [1.29, 1.82) is 0 Å². The number of hydrogen-bond donors (Lipinski definition) is 1. The van der Waals surface area contributed by atoms with Crippen LogP contribution in [0.15, 0.2) is 41.8 Å². The molecule has 1 nitrogen and oxygen atoms in total. The van der Waals surface area contributed by atoms with Crippen molar-refractivity contribution in [2.24, 2.45) is 0 Å². The third-order valence-electron chi connectivity index (χ3n) is 3.01. The second-order valence-corrected chi connectivity index (χ2v) is 5.52. The summed E-state index contributed by atoms with van der Waals surface area (Å²) in [4.78, 5) is 1.39. The molecule has 90 valence electrons. The van der Waals surface area contributed by atoms with E-state index in [1.54, 1.807) is 0 Å². The number of benzene rings is 1. The first-order chi connectivity index (χ1) is 8.16. The summed E-state index contributed by atoms with van der Waals surface area (Å²) in [6.07, 6.45) is 0. The second-order valence-electron chi connectivity index (χ2n) is 4.54. The third kappa shape index (κ3) is 3.18. The number of nitrogens with one attached hydrogen (secondary N) is 1. The van der Waals surface area contributed by atoms with E-state index in [1.807, 2.05) is 11.3 Å². The second kappa shape index (κ2) is 5.48. The summed E-state index contributed by atoms with van der Waals surface area (Å²) in [5.74, 6) is 0. The SMILES string of the molecule is Cc1cccc(C(C)NC(C)c2cccs2)c1. The zero-order chi connectivity index (χ0) is 12.3. The van der Waals surface area contributed by atoms with E-state index in [0.717, 1.165) is 0 Å². The summed E-state index contributed by atoms with van der Waals surface area (Å²) >= 11 is 1.81.